The number of methoxy groups -OCH3 is 1. The SMILES string of the molecule is CCC1(O)CN(C(=O)c2ccc(OC)cc2F)C1. The van der Waals surface area contributed by atoms with E-state index in [4.69, 9.17) is 4.74 Å². The van der Waals surface area contributed by atoms with Crippen molar-refractivity contribution in [1.29, 1.82) is 0 Å². The van der Waals surface area contributed by atoms with Crippen LogP contribution in [0.1, 0.15) is 23.7 Å². The Labute approximate surface area is 105 Å². The third-order valence-electron chi connectivity index (χ3n) is 3.32. The second-order valence-electron chi connectivity index (χ2n) is 4.58. The predicted molar refractivity (Wildman–Crippen MR) is 64.1 cm³/mol. The van der Waals surface area contributed by atoms with Crippen molar-refractivity contribution in [3.8, 4) is 5.75 Å². The number of hydrogen-bond donors (Lipinski definition) is 1. The second kappa shape index (κ2) is 4.57. The fourth-order valence-electron chi connectivity index (χ4n) is 2.00. The largest absolute Gasteiger partial charge is 0.497 e. The Balaban J connectivity index is 2.11. The molecule has 1 aliphatic heterocycles. The van der Waals surface area contributed by atoms with Crippen molar-refractivity contribution < 1.29 is 19.0 Å². The first-order valence-electron chi connectivity index (χ1n) is 5.84. The van der Waals surface area contributed by atoms with E-state index in [2.05, 4.69) is 0 Å². The summed E-state index contributed by atoms with van der Waals surface area (Å²) in [4.78, 5) is 13.4. The number of benzene rings is 1. The first-order valence-corrected chi connectivity index (χ1v) is 5.84. The number of likely N-dealkylation sites (tertiary alicyclic amines) is 1. The topological polar surface area (TPSA) is 49.8 Å². The van der Waals surface area contributed by atoms with Crippen molar-refractivity contribution in [2.45, 2.75) is 18.9 Å². The summed E-state index contributed by atoms with van der Waals surface area (Å²) >= 11 is 0. The lowest BCUT2D eigenvalue weighted by Gasteiger charge is -2.46. The minimum Gasteiger partial charge on any atom is -0.497 e. The third-order valence-corrected chi connectivity index (χ3v) is 3.32. The van der Waals surface area contributed by atoms with Gasteiger partial charge in [0.05, 0.1) is 31.4 Å². The van der Waals surface area contributed by atoms with E-state index in [9.17, 15) is 14.3 Å². The van der Waals surface area contributed by atoms with Gasteiger partial charge in [-0.3, -0.25) is 4.79 Å². The van der Waals surface area contributed by atoms with Crippen LogP contribution >= 0.6 is 0 Å². The fourth-order valence-corrected chi connectivity index (χ4v) is 2.00. The summed E-state index contributed by atoms with van der Waals surface area (Å²) in [6.45, 7) is 2.37. The first kappa shape index (κ1) is 12.8. The van der Waals surface area contributed by atoms with E-state index in [1.54, 1.807) is 6.07 Å². The zero-order valence-electron chi connectivity index (χ0n) is 10.4. The van der Waals surface area contributed by atoms with Gasteiger partial charge in [0, 0.05) is 6.07 Å². The summed E-state index contributed by atoms with van der Waals surface area (Å²) in [6.07, 6.45) is 0.585. The smallest absolute Gasteiger partial charge is 0.257 e. The van der Waals surface area contributed by atoms with Gasteiger partial charge in [0.25, 0.3) is 5.91 Å². The van der Waals surface area contributed by atoms with Crippen LogP contribution in [0.4, 0.5) is 4.39 Å². The van der Waals surface area contributed by atoms with E-state index < -0.39 is 17.3 Å². The number of ether oxygens (including phenoxy) is 1. The number of amides is 1. The normalized spacial score (nSPS) is 17.2. The highest BCUT2D eigenvalue weighted by atomic mass is 19.1. The lowest BCUT2D eigenvalue weighted by atomic mass is 9.90. The van der Waals surface area contributed by atoms with Crippen molar-refractivity contribution in [3.05, 3.63) is 29.6 Å². The molecule has 4 nitrogen and oxygen atoms in total. The lowest BCUT2D eigenvalue weighted by Crippen LogP contribution is -2.63. The van der Waals surface area contributed by atoms with Crippen molar-refractivity contribution in [2.75, 3.05) is 20.2 Å². The number of carbonyl (C=O) groups excluding carboxylic acids is 1. The predicted octanol–water partition coefficient (Wildman–Crippen LogP) is 1.43. The molecule has 1 aromatic rings. The summed E-state index contributed by atoms with van der Waals surface area (Å²) < 4.78 is 18.6. The quantitative estimate of drug-likeness (QED) is 0.886. The Morgan fingerprint density at radius 1 is 1.56 bits per heavy atom. The summed E-state index contributed by atoms with van der Waals surface area (Å²) in [5.41, 5.74) is -0.799. The van der Waals surface area contributed by atoms with Gasteiger partial charge in [0.15, 0.2) is 0 Å². The minimum absolute atomic E-state index is 0.00829. The molecule has 1 fully saturated rings. The molecule has 0 radical (unpaired) electrons. The molecule has 1 saturated heterocycles. The molecule has 0 saturated carbocycles. The van der Waals surface area contributed by atoms with Crippen LogP contribution in [0.15, 0.2) is 18.2 Å². The Morgan fingerprint density at radius 2 is 2.22 bits per heavy atom. The van der Waals surface area contributed by atoms with Gasteiger partial charge >= 0.3 is 0 Å². The van der Waals surface area contributed by atoms with Gasteiger partial charge in [-0.1, -0.05) is 6.92 Å². The molecular formula is C13H16FNO3. The van der Waals surface area contributed by atoms with Crippen molar-refractivity contribution in [3.63, 3.8) is 0 Å². The molecule has 0 aromatic heterocycles. The van der Waals surface area contributed by atoms with E-state index in [1.807, 2.05) is 6.92 Å². The zero-order valence-corrected chi connectivity index (χ0v) is 10.4. The fraction of sp³-hybridized carbons (Fsp3) is 0.462. The average molecular weight is 253 g/mol. The molecule has 1 amide bonds. The van der Waals surface area contributed by atoms with Gasteiger partial charge in [0.2, 0.25) is 0 Å². The Morgan fingerprint density at radius 3 is 2.72 bits per heavy atom. The average Bonchev–Trinajstić information content (AvgIpc) is 2.34. The van der Waals surface area contributed by atoms with Crippen LogP contribution in [0.2, 0.25) is 0 Å². The number of aliphatic hydroxyl groups is 1. The maximum atomic E-state index is 13.7. The first-order chi connectivity index (χ1) is 8.49. The summed E-state index contributed by atoms with van der Waals surface area (Å²) in [7, 11) is 1.44. The van der Waals surface area contributed by atoms with Gasteiger partial charge < -0.3 is 14.7 Å². The van der Waals surface area contributed by atoms with E-state index in [0.29, 0.717) is 12.2 Å². The number of β-amino-alcohol motifs (C(OH)–C–C–N with tert-alkyl or cyclic N) is 1. The second-order valence-corrected chi connectivity index (χ2v) is 4.58. The van der Waals surface area contributed by atoms with Crippen LogP contribution in [0, 0.1) is 5.82 Å². The highest BCUT2D eigenvalue weighted by molar-refractivity contribution is 5.95. The van der Waals surface area contributed by atoms with E-state index in [1.165, 1.54) is 24.1 Å². The standard InChI is InChI=1S/C13H16FNO3/c1-3-13(17)7-15(8-13)12(16)10-5-4-9(18-2)6-11(10)14/h4-6,17H,3,7-8H2,1-2H3. The highest BCUT2D eigenvalue weighted by Gasteiger charge is 2.42. The van der Waals surface area contributed by atoms with E-state index >= 15 is 0 Å². The zero-order chi connectivity index (χ0) is 13.3. The Bertz CT molecular complexity index is 469. The highest BCUT2D eigenvalue weighted by Crippen LogP contribution is 2.27. The minimum atomic E-state index is -0.807. The Kier molecular flexibility index (Phi) is 3.26. The molecule has 0 aliphatic carbocycles. The molecule has 0 atom stereocenters. The van der Waals surface area contributed by atoms with Crippen LogP contribution in [0.3, 0.4) is 0 Å². The molecule has 0 unspecified atom stereocenters. The number of halogens is 1. The molecule has 1 N–H and O–H groups in total. The van der Waals surface area contributed by atoms with Gasteiger partial charge in [-0.25, -0.2) is 4.39 Å². The molecule has 0 spiro atoms. The summed E-state index contributed by atoms with van der Waals surface area (Å²) in [5.74, 6) is -0.628. The van der Waals surface area contributed by atoms with Crippen LogP contribution < -0.4 is 4.74 Å². The maximum absolute atomic E-state index is 13.7. The lowest BCUT2D eigenvalue weighted by molar-refractivity contribution is -0.0827. The summed E-state index contributed by atoms with van der Waals surface area (Å²) in [5, 5.41) is 9.83. The monoisotopic (exact) mass is 253 g/mol. The molecule has 0 bridgehead atoms. The summed E-state index contributed by atoms with van der Waals surface area (Å²) in [6, 6.07) is 4.13. The number of nitrogens with zero attached hydrogens (tertiary/aromatic N) is 1. The van der Waals surface area contributed by atoms with Crippen LogP contribution in [-0.4, -0.2) is 41.7 Å². The molecule has 98 valence electrons. The van der Waals surface area contributed by atoms with Crippen molar-refractivity contribution in [2.24, 2.45) is 0 Å². The third kappa shape index (κ3) is 2.18. The molecule has 2 rings (SSSR count). The van der Waals surface area contributed by atoms with E-state index in [0.717, 1.165) is 0 Å². The van der Waals surface area contributed by atoms with Gasteiger partial charge in [-0.2, -0.15) is 0 Å². The molecule has 1 aliphatic rings. The Hall–Kier alpha value is -1.62. The van der Waals surface area contributed by atoms with Gasteiger partial charge in [-0.05, 0) is 18.6 Å². The van der Waals surface area contributed by atoms with Crippen LogP contribution in [0.5, 0.6) is 5.75 Å². The molecule has 1 heterocycles. The number of carbonyl (C=O) groups is 1. The van der Waals surface area contributed by atoms with Crippen LogP contribution in [-0.2, 0) is 0 Å². The molecule has 5 heteroatoms. The molecule has 1 aromatic carbocycles. The molecular weight excluding hydrogens is 237 g/mol. The van der Waals surface area contributed by atoms with Crippen molar-refractivity contribution in [1.82, 2.24) is 4.90 Å². The van der Waals surface area contributed by atoms with Crippen LogP contribution in [0.25, 0.3) is 0 Å². The van der Waals surface area contributed by atoms with Crippen molar-refractivity contribution >= 4 is 5.91 Å². The van der Waals surface area contributed by atoms with Gasteiger partial charge in [0.1, 0.15) is 11.6 Å². The van der Waals surface area contributed by atoms with Gasteiger partial charge in [-0.15, -0.1) is 0 Å². The molecule has 18 heavy (non-hydrogen) atoms. The maximum Gasteiger partial charge on any atom is 0.257 e. The number of rotatable bonds is 3. The van der Waals surface area contributed by atoms with E-state index in [-0.39, 0.29) is 18.7 Å². The number of hydrogen-bond acceptors (Lipinski definition) is 3.